The molecule has 0 bridgehead atoms. The molecule has 0 amide bonds. The van der Waals surface area contributed by atoms with Crippen LogP contribution in [-0.4, -0.2) is 10.8 Å². The van der Waals surface area contributed by atoms with Crippen LogP contribution in [0.1, 0.15) is 28.8 Å². The van der Waals surface area contributed by atoms with Crippen molar-refractivity contribution in [3.63, 3.8) is 0 Å². The monoisotopic (exact) mass is 279 g/mol. The van der Waals surface area contributed by atoms with E-state index in [-0.39, 0.29) is 11.7 Å². The zero-order valence-electron chi connectivity index (χ0n) is 9.73. The standard InChI is InChI=1S/C14H11Cl2NO/c1-9(10-4-6-17-7-5-10)14(18)11-2-3-12(15)13(16)8-11/h2-9H,1H3. The number of benzene rings is 1. The zero-order valence-corrected chi connectivity index (χ0v) is 11.2. The molecule has 0 N–H and O–H groups in total. The summed E-state index contributed by atoms with van der Waals surface area (Å²) in [6.45, 7) is 1.86. The Morgan fingerprint density at radius 2 is 1.78 bits per heavy atom. The molecule has 2 rings (SSSR count). The first-order valence-electron chi connectivity index (χ1n) is 5.49. The van der Waals surface area contributed by atoms with Gasteiger partial charge in [-0.3, -0.25) is 9.78 Å². The molecule has 1 atom stereocenters. The Balaban J connectivity index is 2.29. The minimum atomic E-state index is -0.231. The summed E-state index contributed by atoms with van der Waals surface area (Å²) in [6, 6.07) is 8.59. The summed E-state index contributed by atoms with van der Waals surface area (Å²) in [7, 11) is 0. The number of ketones is 1. The lowest BCUT2D eigenvalue weighted by Gasteiger charge is -2.11. The predicted molar refractivity (Wildman–Crippen MR) is 73.4 cm³/mol. The first kappa shape index (κ1) is 13.1. The van der Waals surface area contributed by atoms with Crippen molar-refractivity contribution < 1.29 is 4.79 Å². The van der Waals surface area contributed by atoms with Crippen LogP contribution >= 0.6 is 23.2 Å². The first-order valence-corrected chi connectivity index (χ1v) is 6.24. The Morgan fingerprint density at radius 1 is 1.11 bits per heavy atom. The van der Waals surface area contributed by atoms with Crippen LogP contribution in [0.15, 0.2) is 42.7 Å². The molecule has 0 aliphatic rings. The number of carbonyl (C=O) groups excluding carboxylic acids is 1. The first-order chi connectivity index (χ1) is 8.59. The van der Waals surface area contributed by atoms with Crippen LogP contribution in [0.4, 0.5) is 0 Å². The van der Waals surface area contributed by atoms with Crippen molar-refractivity contribution in [2.45, 2.75) is 12.8 Å². The fourth-order valence-electron chi connectivity index (χ4n) is 1.70. The zero-order chi connectivity index (χ0) is 13.1. The second-order valence-corrected chi connectivity index (χ2v) is 4.81. The van der Waals surface area contributed by atoms with E-state index in [0.29, 0.717) is 15.6 Å². The Labute approximate surface area is 116 Å². The number of halogens is 2. The van der Waals surface area contributed by atoms with E-state index in [0.717, 1.165) is 5.56 Å². The van der Waals surface area contributed by atoms with Gasteiger partial charge in [-0.25, -0.2) is 0 Å². The van der Waals surface area contributed by atoms with Gasteiger partial charge in [0.1, 0.15) is 0 Å². The normalized spacial score (nSPS) is 12.2. The van der Waals surface area contributed by atoms with Gasteiger partial charge in [0.2, 0.25) is 0 Å². The number of carbonyl (C=O) groups is 1. The molecule has 2 aromatic rings. The summed E-state index contributed by atoms with van der Waals surface area (Å²) in [5, 5.41) is 0.842. The lowest BCUT2D eigenvalue weighted by Crippen LogP contribution is -2.09. The maximum absolute atomic E-state index is 12.3. The highest BCUT2D eigenvalue weighted by Gasteiger charge is 2.17. The average Bonchev–Trinajstić information content (AvgIpc) is 2.41. The second-order valence-electron chi connectivity index (χ2n) is 4.00. The second kappa shape index (κ2) is 5.51. The van der Waals surface area contributed by atoms with Crippen molar-refractivity contribution in [2.75, 3.05) is 0 Å². The van der Waals surface area contributed by atoms with E-state index in [4.69, 9.17) is 23.2 Å². The van der Waals surface area contributed by atoms with Crippen LogP contribution in [0.3, 0.4) is 0 Å². The van der Waals surface area contributed by atoms with Gasteiger partial charge in [0.05, 0.1) is 10.0 Å². The smallest absolute Gasteiger partial charge is 0.170 e. The van der Waals surface area contributed by atoms with Crippen molar-refractivity contribution in [3.8, 4) is 0 Å². The highest BCUT2D eigenvalue weighted by molar-refractivity contribution is 6.42. The topological polar surface area (TPSA) is 30.0 Å². The van der Waals surface area contributed by atoms with Crippen LogP contribution < -0.4 is 0 Å². The maximum atomic E-state index is 12.3. The summed E-state index contributed by atoms with van der Waals surface area (Å²) in [4.78, 5) is 16.2. The number of nitrogens with zero attached hydrogens (tertiary/aromatic N) is 1. The van der Waals surface area contributed by atoms with Gasteiger partial charge >= 0.3 is 0 Å². The molecule has 18 heavy (non-hydrogen) atoms. The Kier molecular flexibility index (Phi) is 4.00. The molecule has 1 heterocycles. The lowest BCUT2D eigenvalue weighted by molar-refractivity contribution is 0.0966. The van der Waals surface area contributed by atoms with Gasteiger partial charge in [0.25, 0.3) is 0 Å². The average molecular weight is 280 g/mol. The largest absolute Gasteiger partial charge is 0.294 e. The third-order valence-corrected chi connectivity index (χ3v) is 3.54. The number of aromatic nitrogens is 1. The van der Waals surface area contributed by atoms with Gasteiger partial charge in [0.15, 0.2) is 5.78 Å². The van der Waals surface area contributed by atoms with Crippen LogP contribution in [0.5, 0.6) is 0 Å². The minimum absolute atomic E-state index is 0.0137. The molecule has 0 aliphatic carbocycles. The van der Waals surface area contributed by atoms with Crippen molar-refractivity contribution in [2.24, 2.45) is 0 Å². The molecule has 1 aromatic heterocycles. The van der Waals surface area contributed by atoms with Crippen molar-refractivity contribution >= 4 is 29.0 Å². The molecular formula is C14H11Cl2NO. The number of pyridine rings is 1. The van der Waals surface area contributed by atoms with E-state index in [1.165, 1.54) is 0 Å². The molecule has 0 spiro atoms. The fraction of sp³-hybridized carbons (Fsp3) is 0.143. The van der Waals surface area contributed by atoms with Gasteiger partial charge in [-0.1, -0.05) is 30.1 Å². The lowest BCUT2D eigenvalue weighted by atomic mass is 9.93. The van der Waals surface area contributed by atoms with Gasteiger partial charge in [-0.15, -0.1) is 0 Å². The molecule has 0 saturated carbocycles. The van der Waals surface area contributed by atoms with E-state index in [1.807, 2.05) is 19.1 Å². The predicted octanol–water partition coefficient (Wildman–Crippen LogP) is 4.37. The summed E-state index contributed by atoms with van der Waals surface area (Å²) >= 11 is 11.7. The maximum Gasteiger partial charge on any atom is 0.170 e. The summed E-state index contributed by atoms with van der Waals surface area (Å²) in [5.74, 6) is -0.218. The third-order valence-electron chi connectivity index (χ3n) is 2.80. The minimum Gasteiger partial charge on any atom is -0.294 e. The fourth-order valence-corrected chi connectivity index (χ4v) is 2.00. The summed E-state index contributed by atoms with van der Waals surface area (Å²) in [6.07, 6.45) is 3.35. The molecular weight excluding hydrogens is 269 g/mol. The van der Waals surface area contributed by atoms with E-state index < -0.39 is 0 Å². The molecule has 0 radical (unpaired) electrons. The molecule has 1 unspecified atom stereocenters. The molecule has 0 saturated heterocycles. The molecule has 0 aliphatic heterocycles. The third kappa shape index (κ3) is 2.71. The molecule has 4 heteroatoms. The van der Waals surface area contributed by atoms with Crippen molar-refractivity contribution in [3.05, 3.63) is 63.9 Å². The van der Waals surface area contributed by atoms with E-state index >= 15 is 0 Å². The number of hydrogen-bond acceptors (Lipinski definition) is 2. The van der Waals surface area contributed by atoms with Crippen LogP contribution in [0.2, 0.25) is 10.0 Å². The molecule has 2 nitrogen and oxygen atoms in total. The summed E-state index contributed by atoms with van der Waals surface area (Å²) < 4.78 is 0. The number of hydrogen-bond donors (Lipinski definition) is 0. The quantitative estimate of drug-likeness (QED) is 0.781. The van der Waals surface area contributed by atoms with Gasteiger partial charge in [0, 0.05) is 23.9 Å². The van der Waals surface area contributed by atoms with E-state index in [2.05, 4.69) is 4.98 Å². The van der Waals surface area contributed by atoms with Gasteiger partial charge in [-0.2, -0.15) is 0 Å². The molecule has 1 aromatic carbocycles. The van der Waals surface area contributed by atoms with Crippen molar-refractivity contribution in [1.82, 2.24) is 4.98 Å². The Bertz CT molecular complexity index is 569. The highest BCUT2D eigenvalue weighted by Crippen LogP contribution is 2.26. The van der Waals surface area contributed by atoms with Crippen molar-refractivity contribution in [1.29, 1.82) is 0 Å². The Morgan fingerprint density at radius 3 is 2.39 bits per heavy atom. The summed E-state index contributed by atoms with van der Waals surface area (Å²) in [5.41, 5.74) is 1.50. The van der Waals surface area contributed by atoms with Crippen LogP contribution in [-0.2, 0) is 0 Å². The van der Waals surface area contributed by atoms with E-state index in [1.54, 1.807) is 30.6 Å². The number of Topliss-reactive ketones (excluding diaryl/α,β-unsaturated/α-hetero) is 1. The van der Waals surface area contributed by atoms with E-state index in [9.17, 15) is 4.79 Å². The molecule has 92 valence electrons. The Hall–Kier alpha value is -1.38. The van der Waals surface area contributed by atoms with Gasteiger partial charge in [-0.05, 0) is 35.9 Å². The molecule has 0 fully saturated rings. The highest BCUT2D eigenvalue weighted by atomic mass is 35.5. The van der Waals surface area contributed by atoms with Crippen LogP contribution in [0.25, 0.3) is 0 Å². The number of rotatable bonds is 3. The van der Waals surface area contributed by atoms with Crippen LogP contribution in [0, 0.1) is 0 Å². The SMILES string of the molecule is CC(C(=O)c1ccc(Cl)c(Cl)c1)c1ccncc1. The van der Waals surface area contributed by atoms with Gasteiger partial charge < -0.3 is 0 Å².